The molecule has 0 saturated heterocycles. The molecule has 7 nitrogen and oxygen atoms in total. The number of hydrogen-bond donors (Lipinski definition) is 2. The number of aryl methyl sites for hydroxylation is 1. The van der Waals surface area contributed by atoms with Gasteiger partial charge in [-0.3, -0.25) is 9.51 Å². The summed E-state index contributed by atoms with van der Waals surface area (Å²) in [5.41, 5.74) is -0.643. The lowest BCUT2D eigenvalue weighted by Crippen LogP contribution is -2.12. The molecule has 0 saturated carbocycles. The highest BCUT2D eigenvalue weighted by Gasteiger charge is 2.37. The summed E-state index contributed by atoms with van der Waals surface area (Å²) in [5, 5.41) is 12.9. The summed E-state index contributed by atoms with van der Waals surface area (Å²) in [6.45, 7) is -0.656. The number of ether oxygens (including phenoxy) is 1. The average molecular weight is 701 g/mol. The topological polar surface area (TPSA) is 105 Å². The molecular weight excluding hydrogens is 673 g/mol. The Kier molecular flexibility index (Phi) is 10.6. The molecule has 0 aliphatic heterocycles. The molecule has 1 aromatic heterocycles. The third kappa shape index (κ3) is 9.49. The van der Waals surface area contributed by atoms with Crippen LogP contribution >= 0.6 is 0 Å². The van der Waals surface area contributed by atoms with Crippen molar-refractivity contribution in [1.29, 1.82) is 0 Å². The molecule has 1 unspecified atom stereocenters. The number of benzene rings is 4. The van der Waals surface area contributed by atoms with E-state index in [2.05, 4.69) is 14.7 Å². The molecule has 1 atom stereocenters. The van der Waals surface area contributed by atoms with Crippen LogP contribution in [-0.2, 0) is 31.8 Å². The second-order valence-corrected chi connectivity index (χ2v) is 11.4. The number of hydrogen-bond acceptors (Lipinski definition) is 5. The zero-order valence-corrected chi connectivity index (χ0v) is 25.8. The van der Waals surface area contributed by atoms with Crippen LogP contribution in [0.15, 0.2) is 100 Å². The molecule has 0 fully saturated rings. The molecule has 50 heavy (non-hydrogen) atoms. The first-order chi connectivity index (χ1) is 23.6. The molecule has 1 heterocycles. The van der Waals surface area contributed by atoms with Crippen molar-refractivity contribution in [3.05, 3.63) is 146 Å². The number of carboxylic acid groups (broad SMARTS) is 1. The van der Waals surface area contributed by atoms with E-state index in [0.717, 1.165) is 23.3 Å². The van der Waals surface area contributed by atoms with Crippen molar-refractivity contribution >= 4 is 12.0 Å². The van der Waals surface area contributed by atoms with E-state index in [4.69, 9.17) is 4.74 Å². The maximum atomic E-state index is 14.4. The lowest BCUT2D eigenvalue weighted by Gasteiger charge is -2.16. The maximum absolute atomic E-state index is 14.4. The molecule has 5 rings (SSSR count). The molecule has 0 aliphatic rings. The maximum Gasteiger partial charge on any atom is 0.439 e. The molecule has 5 aromatic rings. The Bertz CT molecular complexity index is 2000. The summed E-state index contributed by atoms with van der Waals surface area (Å²) >= 11 is 0. The summed E-state index contributed by atoms with van der Waals surface area (Å²) in [7, 11) is 0. The SMILES string of the molecule is O=C(O)c1ccc(CC(/C=C\c2cc(F)ccc2OCc2cc(C(F)(F)F)cc(C(F)(F)F)c2)CCc2ccc(-c3noc(=O)[nH]3)cc2)cc1. The van der Waals surface area contributed by atoms with Gasteiger partial charge in [0.05, 0.1) is 16.7 Å². The van der Waals surface area contributed by atoms with E-state index in [9.17, 15) is 45.4 Å². The number of alkyl halides is 6. The fourth-order valence-corrected chi connectivity index (χ4v) is 5.17. The number of aromatic nitrogens is 2. The van der Waals surface area contributed by atoms with E-state index >= 15 is 0 Å². The quantitative estimate of drug-likeness (QED) is 0.126. The highest BCUT2D eigenvalue weighted by Crippen LogP contribution is 2.37. The third-order valence-electron chi connectivity index (χ3n) is 7.73. The molecule has 14 heteroatoms. The van der Waals surface area contributed by atoms with Crippen LogP contribution in [0, 0.1) is 11.7 Å². The van der Waals surface area contributed by atoms with Gasteiger partial charge in [0, 0.05) is 11.1 Å². The minimum atomic E-state index is -5.03. The van der Waals surface area contributed by atoms with Crippen LogP contribution in [0.25, 0.3) is 17.5 Å². The minimum absolute atomic E-state index is 0.0258. The van der Waals surface area contributed by atoms with Crippen molar-refractivity contribution < 1.29 is 49.9 Å². The predicted molar refractivity (Wildman–Crippen MR) is 168 cm³/mol. The monoisotopic (exact) mass is 700 g/mol. The third-order valence-corrected chi connectivity index (χ3v) is 7.73. The van der Waals surface area contributed by atoms with Crippen molar-refractivity contribution in [3.63, 3.8) is 0 Å². The predicted octanol–water partition coefficient (Wildman–Crippen LogP) is 8.99. The van der Waals surface area contributed by atoms with Crippen LogP contribution in [0.4, 0.5) is 30.7 Å². The van der Waals surface area contributed by atoms with E-state index < -0.39 is 47.6 Å². The average Bonchev–Trinajstić information content (AvgIpc) is 3.51. The van der Waals surface area contributed by atoms with Crippen LogP contribution < -0.4 is 10.5 Å². The van der Waals surface area contributed by atoms with Gasteiger partial charge in [0.15, 0.2) is 5.82 Å². The number of nitrogens with one attached hydrogen (secondary N) is 1. The van der Waals surface area contributed by atoms with E-state index in [1.54, 1.807) is 36.4 Å². The van der Waals surface area contributed by atoms with Crippen molar-refractivity contribution in [2.45, 2.75) is 38.2 Å². The van der Waals surface area contributed by atoms with Crippen LogP contribution in [0.5, 0.6) is 5.75 Å². The molecule has 0 bridgehead atoms. The highest BCUT2D eigenvalue weighted by molar-refractivity contribution is 5.87. The van der Waals surface area contributed by atoms with Crippen molar-refractivity contribution in [1.82, 2.24) is 10.1 Å². The number of nitrogens with zero attached hydrogens (tertiary/aromatic N) is 1. The van der Waals surface area contributed by atoms with Crippen LogP contribution in [0.2, 0.25) is 0 Å². The van der Waals surface area contributed by atoms with E-state index in [1.165, 1.54) is 18.2 Å². The zero-order chi connectivity index (χ0) is 36.1. The second-order valence-electron chi connectivity index (χ2n) is 11.4. The summed E-state index contributed by atoms with van der Waals surface area (Å²) < 4.78 is 105. The molecule has 0 radical (unpaired) electrons. The Morgan fingerprint density at radius 1 is 0.860 bits per heavy atom. The van der Waals surface area contributed by atoms with Gasteiger partial charge in [-0.2, -0.15) is 26.3 Å². The number of halogens is 7. The highest BCUT2D eigenvalue weighted by atomic mass is 19.4. The smallest absolute Gasteiger partial charge is 0.439 e. The van der Waals surface area contributed by atoms with Gasteiger partial charge in [0.1, 0.15) is 18.2 Å². The fraction of sp³-hybridized carbons (Fsp3) is 0.194. The molecule has 2 N–H and O–H groups in total. The van der Waals surface area contributed by atoms with Crippen molar-refractivity contribution in [2.24, 2.45) is 5.92 Å². The number of aromatic amines is 1. The Morgan fingerprint density at radius 2 is 1.50 bits per heavy atom. The zero-order valence-electron chi connectivity index (χ0n) is 25.8. The Labute approximate surface area is 279 Å². The second kappa shape index (κ2) is 14.8. The van der Waals surface area contributed by atoms with Crippen LogP contribution in [-0.4, -0.2) is 21.2 Å². The first-order valence-corrected chi connectivity index (χ1v) is 15.0. The van der Waals surface area contributed by atoms with Crippen LogP contribution in [0.1, 0.15) is 50.2 Å². The van der Waals surface area contributed by atoms with Gasteiger partial charge in [-0.15, -0.1) is 0 Å². The Hall–Kier alpha value is -5.66. The van der Waals surface area contributed by atoms with Gasteiger partial charge in [0.25, 0.3) is 0 Å². The number of carboxylic acids is 1. The molecular formula is C36H27F7N2O5. The van der Waals surface area contributed by atoms with Gasteiger partial charge >= 0.3 is 24.1 Å². The van der Waals surface area contributed by atoms with E-state index in [0.29, 0.717) is 37.0 Å². The van der Waals surface area contributed by atoms with Gasteiger partial charge in [-0.25, -0.2) is 14.0 Å². The van der Waals surface area contributed by atoms with Gasteiger partial charge in [-0.05, 0) is 90.4 Å². The summed E-state index contributed by atoms with van der Waals surface area (Å²) in [6, 6.07) is 18.1. The first kappa shape index (κ1) is 35.6. The lowest BCUT2D eigenvalue weighted by molar-refractivity contribution is -0.143. The molecule has 0 aliphatic carbocycles. The van der Waals surface area contributed by atoms with Crippen molar-refractivity contribution in [3.8, 4) is 17.1 Å². The molecule has 4 aromatic carbocycles. The van der Waals surface area contributed by atoms with E-state index in [-0.39, 0.29) is 40.2 Å². The van der Waals surface area contributed by atoms with Gasteiger partial charge < -0.3 is 9.84 Å². The number of H-pyrrole nitrogens is 1. The van der Waals surface area contributed by atoms with Gasteiger partial charge in [-0.1, -0.05) is 53.7 Å². The summed E-state index contributed by atoms with van der Waals surface area (Å²) in [4.78, 5) is 25.1. The minimum Gasteiger partial charge on any atom is -0.488 e. The fourth-order valence-electron chi connectivity index (χ4n) is 5.17. The Balaban J connectivity index is 1.37. The standard InChI is InChI=1S/C36H27F7N2O5/c37-30-13-14-31(49-20-24-16-28(35(38,39)40)19-29(17-24)36(41,42)43)27(18-30)12-7-22(15-23-5-10-26(11-6-23)33(46)47)2-1-21-3-8-25(9-4-21)32-44-34(48)50-45-32/h3-14,16-19,22H,1-2,15,20H2,(H,46,47)(H,44,45,48)/b12-7-. The molecule has 0 amide bonds. The molecule has 260 valence electrons. The number of allylic oxidation sites excluding steroid dienone is 1. The normalized spacial score (nSPS) is 12.7. The van der Waals surface area contributed by atoms with Crippen LogP contribution in [0.3, 0.4) is 0 Å². The number of aromatic carboxylic acids is 1. The lowest BCUT2D eigenvalue weighted by atomic mass is 9.91. The number of carbonyl (C=O) groups is 1. The van der Waals surface area contributed by atoms with E-state index in [1.807, 2.05) is 12.1 Å². The molecule has 0 spiro atoms. The summed E-state index contributed by atoms with van der Waals surface area (Å²) in [6.07, 6.45) is -5.12. The Morgan fingerprint density at radius 3 is 2.08 bits per heavy atom. The van der Waals surface area contributed by atoms with Gasteiger partial charge in [0.2, 0.25) is 0 Å². The largest absolute Gasteiger partial charge is 0.488 e. The first-order valence-electron chi connectivity index (χ1n) is 15.0. The summed E-state index contributed by atoms with van der Waals surface area (Å²) in [5.74, 6) is -2.32. The number of rotatable bonds is 12. The van der Waals surface area contributed by atoms with Crippen molar-refractivity contribution in [2.75, 3.05) is 0 Å².